The fourth-order valence-electron chi connectivity index (χ4n) is 0.922. The Balaban J connectivity index is -0.000000282. The summed E-state index contributed by atoms with van der Waals surface area (Å²) in [4.78, 5) is 31.6. The van der Waals surface area contributed by atoms with E-state index in [0.717, 1.165) is 7.11 Å². The Morgan fingerprint density at radius 2 is 1.35 bits per heavy atom. The molecular formula is C7H13Na3O7. The Labute approximate surface area is 164 Å². The van der Waals surface area contributed by atoms with Crippen molar-refractivity contribution in [3.8, 4) is 0 Å². The molecule has 86 valence electrons. The molecule has 7 nitrogen and oxygen atoms in total. The van der Waals surface area contributed by atoms with Crippen LogP contribution in [0.25, 0.3) is 0 Å². The van der Waals surface area contributed by atoms with Crippen molar-refractivity contribution in [1.29, 1.82) is 0 Å². The number of carbonyl (C=O) groups is 3. The van der Waals surface area contributed by atoms with Gasteiger partial charge in [-0.25, -0.2) is 0 Å². The molecular weight excluding hydrogens is 265 g/mol. The number of hydrogen-bond acceptors (Lipinski definition) is 4. The van der Waals surface area contributed by atoms with Crippen molar-refractivity contribution in [1.82, 2.24) is 0 Å². The summed E-state index contributed by atoms with van der Waals surface area (Å²) >= 11 is 0. The average Bonchev–Trinajstić information content (AvgIpc) is 2.01. The molecule has 0 aromatic rings. The van der Waals surface area contributed by atoms with Gasteiger partial charge >= 0.3 is 107 Å². The van der Waals surface area contributed by atoms with Gasteiger partial charge in [-0.05, 0) is 0 Å². The van der Waals surface area contributed by atoms with E-state index in [0.29, 0.717) is 0 Å². The molecule has 3 N–H and O–H groups in total. The van der Waals surface area contributed by atoms with Gasteiger partial charge in [0.15, 0.2) is 5.41 Å². The third-order valence-corrected chi connectivity index (χ3v) is 1.66. The second-order valence-electron chi connectivity index (χ2n) is 2.70. The van der Waals surface area contributed by atoms with E-state index in [-0.39, 0.29) is 88.7 Å². The Morgan fingerprint density at radius 3 is 1.53 bits per heavy atom. The van der Waals surface area contributed by atoms with Gasteiger partial charge in [-0.3, -0.25) is 14.4 Å². The molecule has 0 bridgehead atoms. The zero-order valence-electron chi connectivity index (χ0n) is 7.39. The Morgan fingerprint density at radius 1 is 1.00 bits per heavy atom. The molecule has 0 spiro atoms. The van der Waals surface area contributed by atoms with Gasteiger partial charge in [0.1, 0.15) is 0 Å². The zero-order valence-corrected chi connectivity index (χ0v) is 7.39. The van der Waals surface area contributed by atoms with Gasteiger partial charge in [-0.1, -0.05) is 0 Å². The molecule has 0 heterocycles. The van der Waals surface area contributed by atoms with Crippen molar-refractivity contribution in [3.05, 3.63) is 0 Å². The first-order valence-electron chi connectivity index (χ1n) is 3.54. The molecule has 0 aliphatic carbocycles. The summed E-state index contributed by atoms with van der Waals surface area (Å²) in [5, 5.41) is 25.7. The predicted molar refractivity (Wildman–Crippen MR) is 63.3 cm³/mol. The number of methoxy groups -OCH3 is 1. The van der Waals surface area contributed by atoms with Crippen molar-refractivity contribution in [2.75, 3.05) is 13.7 Å². The van der Waals surface area contributed by atoms with Crippen molar-refractivity contribution in [2.24, 2.45) is 5.41 Å². The normalized spacial score (nSPS) is 9.00. The number of aliphatic carboxylic acids is 3. The fourth-order valence-corrected chi connectivity index (χ4v) is 0.922. The van der Waals surface area contributed by atoms with Gasteiger partial charge in [0.2, 0.25) is 0 Å². The summed E-state index contributed by atoms with van der Waals surface area (Å²) in [6.07, 6.45) is -1.02. The molecule has 17 heavy (non-hydrogen) atoms. The maximum atomic E-state index is 10.7. The summed E-state index contributed by atoms with van der Waals surface area (Å²) in [6.45, 7) is -0.691. The quantitative estimate of drug-likeness (QED) is 0.357. The molecule has 0 aromatic heterocycles. The molecule has 0 saturated carbocycles. The topological polar surface area (TPSA) is 121 Å². The van der Waals surface area contributed by atoms with Crippen LogP contribution in [0.4, 0.5) is 0 Å². The van der Waals surface area contributed by atoms with Gasteiger partial charge < -0.3 is 20.1 Å². The number of rotatable bonds is 6. The zero-order chi connectivity index (χ0) is 11.4. The molecule has 0 radical (unpaired) electrons. The van der Waals surface area contributed by atoms with Crippen LogP contribution in [0.15, 0.2) is 0 Å². The molecule has 0 rings (SSSR count). The van der Waals surface area contributed by atoms with Crippen LogP contribution < -0.4 is 0 Å². The second-order valence-corrected chi connectivity index (χ2v) is 2.70. The van der Waals surface area contributed by atoms with E-state index in [1.807, 2.05) is 0 Å². The summed E-state index contributed by atoms with van der Waals surface area (Å²) in [5.41, 5.74) is -2.42. The number of hydrogen-bond donors (Lipinski definition) is 3. The van der Waals surface area contributed by atoms with Gasteiger partial charge in [-0.15, -0.1) is 0 Å². The Bertz CT molecular complexity index is 254. The summed E-state index contributed by atoms with van der Waals surface area (Å²) in [5.74, 6) is -4.96. The predicted octanol–water partition coefficient (Wildman–Crippen LogP) is -2.68. The second kappa shape index (κ2) is 12.4. The van der Waals surface area contributed by atoms with Crippen LogP contribution in [0.2, 0.25) is 0 Å². The molecule has 0 unspecified atom stereocenters. The van der Waals surface area contributed by atoms with Gasteiger partial charge in [0.25, 0.3) is 0 Å². The van der Waals surface area contributed by atoms with Crippen LogP contribution in [-0.2, 0) is 19.1 Å². The van der Waals surface area contributed by atoms with Crippen LogP contribution in [0.1, 0.15) is 6.42 Å². The monoisotopic (exact) mass is 278 g/mol. The summed E-state index contributed by atoms with van der Waals surface area (Å²) < 4.78 is 4.41. The molecule has 0 aromatic carbocycles. The van der Waals surface area contributed by atoms with Crippen LogP contribution in [0.3, 0.4) is 0 Å². The van der Waals surface area contributed by atoms with Gasteiger partial charge in [0.05, 0.1) is 13.0 Å². The average molecular weight is 278 g/mol. The molecule has 0 amide bonds. The van der Waals surface area contributed by atoms with Crippen molar-refractivity contribution < 1.29 is 34.4 Å². The van der Waals surface area contributed by atoms with E-state index < -0.39 is 36.4 Å². The minimum absolute atomic E-state index is 0. The molecule has 0 fully saturated rings. The number of carboxylic acids is 3. The van der Waals surface area contributed by atoms with E-state index in [1.165, 1.54) is 0 Å². The SMILES string of the molecule is COCC(CC(=O)O)(C(=O)O)C(=O)O.[NaH].[NaH].[NaH]. The fraction of sp³-hybridized carbons (Fsp3) is 0.571. The third-order valence-electron chi connectivity index (χ3n) is 1.66. The van der Waals surface area contributed by atoms with Crippen LogP contribution in [0.5, 0.6) is 0 Å². The molecule has 0 aliphatic rings. The van der Waals surface area contributed by atoms with Crippen LogP contribution >= 0.6 is 0 Å². The first-order chi connectivity index (χ1) is 6.36. The van der Waals surface area contributed by atoms with E-state index >= 15 is 0 Å². The molecule has 10 heteroatoms. The van der Waals surface area contributed by atoms with E-state index in [2.05, 4.69) is 4.74 Å². The Kier molecular flexibility index (Phi) is 19.6. The standard InChI is InChI=1S/C7H10O7.3Na.3H/c1-14-3-7(5(10)11,6(12)13)2-4(8)9;;;;;;/h2-3H2,1H3,(H,8,9)(H,10,11)(H,12,13);;;;;;. The van der Waals surface area contributed by atoms with E-state index in [9.17, 15) is 14.4 Å². The molecule has 0 aliphatic heterocycles. The first kappa shape index (κ1) is 26.8. The van der Waals surface area contributed by atoms with Crippen molar-refractivity contribution in [3.63, 3.8) is 0 Å². The van der Waals surface area contributed by atoms with Crippen molar-refractivity contribution in [2.45, 2.75) is 6.42 Å². The van der Waals surface area contributed by atoms with Gasteiger partial charge in [-0.2, -0.15) is 0 Å². The third kappa shape index (κ3) is 8.20. The summed E-state index contributed by atoms with van der Waals surface area (Å²) in [7, 11) is 1.10. The van der Waals surface area contributed by atoms with E-state index in [1.54, 1.807) is 0 Å². The number of ether oxygens (including phenoxy) is 1. The Hall–Kier alpha value is 1.37. The molecule has 0 atom stereocenters. The minimum atomic E-state index is -2.42. The first-order valence-corrected chi connectivity index (χ1v) is 3.54. The maximum absolute atomic E-state index is 10.7. The van der Waals surface area contributed by atoms with Gasteiger partial charge in [0, 0.05) is 7.11 Å². The van der Waals surface area contributed by atoms with Crippen molar-refractivity contribution >= 4 is 107 Å². The van der Waals surface area contributed by atoms with Crippen LogP contribution in [0, 0.1) is 5.41 Å². The molecule has 0 saturated heterocycles. The van der Waals surface area contributed by atoms with E-state index in [4.69, 9.17) is 15.3 Å². The summed E-state index contributed by atoms with van der Waals surface area (Å²) in [6, 6.07) is 0. The number of carboxylic acid groups (broad SMARTS) is 3. The van der Waals surface area contributed by atoms with Crippen LogP contribution in [-0.4, -0.2) is 136 Å².